The van der Waals surface area contributed by atoms with Gasteiger partial charge in [0.15, 0.2) is 0 Å². The zero-order valence-corrected chi connectivity index (χ0v) is 8.13. The van der Waals surface area contributed by atoms with Gasteiger partial charge in [0.05, 0.1) is 6.10 Å². The van der Waals surface area contributed by atoms with Crippen molar-refractivity contribution in [3.63, 3.8) is 0 Å². The number of rotatable bonds is 3. The molecule has 14 heavy (non-hydrogen) atoms. The van der Waals surface area contributed by atoms with Crippen LogP contribution in [0.1, 0.15) is 32.6 Å². The van der Waals surface area contributed by atoms with Crippen LogP contribution in [0.25, 0.3) is 0 Å². The number of nitrogens with one attached hydrogen (secondary N) is 1. The van der Waals surface area contributed by atoms with Crippen LogP contribution in [0.15, 0.2) is 0 Å². The minimum absolute atomic E-state index is 0.0665. The molecule has 1 aliphatic carbocycles. The van der Waals surface area contributed by atoms with Crippen LogP contribution in [-0.4, -0.2) is 24.7 Å². The Labute approximate surface area is 81.8 Å². The van der Waals surface area contributed by atoms with E-state index in [-0.39, 0.29) is 18.1 Å². The summed E-state index contributed by atoms with van der Waals surface area (Å²) in [6.45, 7) is -1.22. The second-order valence-corrected chi connectivity index (χ2v) is 3.57. The van der Waals surface area contributed by atoms with Crippen molar-refractivity contribution in [1.29, 1.82) is 0 Å². The smallest absolute Gasteiger partial charge is 0.345 e. The minimum Gasteiger partial charge on any atom is -0.354 e. The molecule has 0 aromatic carbocycles. The summed E-state index contributed by atoms with van der Waals surface area (Å²) in [5.74, 6) is -0.0665. The van der Waals surface area contributed by atoms with Crippen molar-refractivity contribution in [3.05, 3.63) is 0 Å². The molecule has 3 nitrogen and oxygen atoms in total. The summed E-state index contributed by atoms with van der Waals surface area (Å²) in [5, 5.41) is 2.77. The lowest BCUT2D eigenvalue weighted by molar-refractivity contribution is -0.170. The number of carbonyl (C=O) groups excluding carboxylic acids is 1. The molecule has 0 aromatic heterocycles. The first-order valence-electron chi connectivity index (χ1n) is 4.78. The molecule has 0 aliphatic heterocycles. The highest BCUT2D eigenvalue weighted by atomic mass is 19.3. The SMILES string of the molecule is CC(=O)NC1CCC(OC(F)F)CC1. The number of halogens is 2. The molecule has 5 heteroatoms. The molecule has 0 atom stereocenters. The third-order valence-corrected chi connectivity index (χ3v) is 2.38. The molecule has 0 radical (unpaired) electrons. The van der Waals surface area contributed by atoms with Crippen LogP contribution >= 0.6 is 0 Å². The topological polar surface area (TPSA) is 38.3 Å². The Balaban J connectivity index is 2.21. The number of carbonyl (C=O) groups is 1. The van der Waals surface area contributed by atoms with Gasteiger partial charge in [0.25, 0.3) is 0 Å². The van der Waals surface area contributed by atoms with Gasteiger partial charge in [-0.3, -0.25) is 4.79 Å². The van der Waals surface area contributed by atoms with Crippen LogP contribution in [0.3, 0.4) is 0 Å². The molecule has 1 N–H and O–H groups in total. The van der Waals surface area contributed by atoms with E-state index >= 15 is 0 Å². The Kier molecular flexibility index (Phi) is 4.25. The summed E-state index contributed by atoms with van der Waals surface area (Å²) in [6, 6.07) is 0.130. The largest absolute Gasteiger partial charge is 0.354 e. The third-order valence-electron chi connectivity index (χ3n) is 2.38. The number of amides is 1. The fourth-order valence-corrected chi connectivity index (χ4v) is 1.78. The van der Waals surface area contributed by atoms with Gasteiger partial charge in [-0.15, -0.1) is 0 Å². The summed E-state index contributed by atoms with van der Waals surface area (Å²) in [5.41, 5.74) is 0. The molecule has 1 fully saturated rings. The van der Waals surface area contributed by atoms with Gasteiger partial charge in [-0.1, -0.05) is 0 Å². The number of ether oxygens (including phenoxy) is 1. The fourth-order valence-electron chi connectivity index (χ4n) is 1.78. The number of hydrogen-bond donors (Lipinski definition) is 1. The molecule has 1 aliphatic rings. The number of hydrogen-bond acceptors (Lipinski definition) is 2. The quantitative estimate of drug-likeness (QED) is 0.764. The van der Waals surface area contributed by atoms with Gasteiger partial charge < -0.3 is 10.1 Å². The number of alkyl halides is 2. The van der Waals surface area contributed by atoms with Gasteiger partial charge in [0.1, 0.15) is 0 Å². The highest BCUT2D eigenvalue weighted by molar-refractivity contribution is 5.73. The lowest BCUT2D eigenvalue weighted by atomic mass is 9.93. The van der Waals surface area contributed by atoms with E-state index in [4.69, 9.17) is 0 Å². The van der Waals surface area contributed by atoms with Crippen molar-refractivity contribution in [2.24, 2.45) is 0 Å². The van der Waals surface area contributed by atoms with Gasteiger partial charge in [-0.2, -0.15) is 8.78 Å². The Bertz CT molecular complexity index is 191. The third kappa shape index (κ3) is 4.00. The fraction of sp³-hybridized carbons (Fsp3) is 0.889. The van der Waals surface area contributed by atoms with Crippen molar-refractivity contribution in [3.8, 4) is 0 Å². The molecule has 1 rings (SSSR count). The first-order valence-corrected chi connectivity index (χ1v) is 4.78. The van der Waals surface area contributed by atoms with Crippen LogP contribution in [0.4, 0.5) is 8.78 Å². The summed E-state index contributed by atoms with van der Waals surface area (Å²) in [6.07, 6.45) is 2.28. The summed E-state index contributed by atoms with van der Waals surface area (Å²) >= 11 is 0. The average molecular weight is 207 g/mol. The maximum atomic E-state index is 11.8. The predicted molar refractivity (Wildman–Crippen MR) is 46.9 cm³/mol. The average Bonchev–Trinajstić information content (AvgIpc) is 2.06. The highest BCUT2D eigenvalue weighted by Crippen LogP contribution is 2.22. The van der Waals surface area contributed by atoms with Crippen LogP contribution in [0.5, 0.6) is 0 Å². The Hall–Kier alpha value is -0.710. The van der Waals surface area contributed by atoms with E-state index in [2.05, 4.69) is 10.1 Å². The highest BCUT2D eigenvalue weighted by Gasteiger charge is 2.24. The van der Waals surface area contributed by atoms with Crippen LogP contribution in [-0.2, 0) is 9.53 Å². The normalized spacial score (nSPS) is 27.7. The molecule has 0 unspecified atom stereocenters. The van der Waals surface area contributed by atoms with E-state index in [9.17, 15) is 13.6 Å². The molecule has 1 saturated carbocycles. The first kappa shape index (κ1) is 11.4. The van der Waals surface area contributed by atoms with Gasteiger partial charge >= 0.3 is 6.61 Å². The molecule has 0 saturated heterocycles. The second-order valence-electron chi connectivity index (χ2n) is 3.57. The Morgan fingerprint density at radius 1 is 1.36 bits per heavy atom. The van der Waals surface area contributed by atoms with E-state index in [0.29, 0.717) is 12.8 Å². The predicted octanol–water partition coefficient (Wildman–Crippen LogP) is 1.67. The standard InChI is InChI=1S/C9H15F2NO2/c1-6(13)12-7-2-4-8(5-3-7)14-9(10)11/h7-9H,2-5H2,1H3,(H,12,13). The van der Waals surface area contributed by atoms with E-state index in [1.807, 2.05) is 0 Å². The van der Waals surface area contributed by atoms with Gasteiger partial charge in [-0.25, -0.2) is 0 Å². The van der Waals surface area contributed by atoms with Crippen LogP contribution < -0.4 is 5.32 Å². The van der Waals surface area contributed by atoms with E-state index in [0.717, 1.165) is 12.8 Å². The van der Waals surface area contributed by atoms with Crippen LogP contribution in [0.2, 0.25) is 0 Å². The van der Waals surface area contributed by atoms with Gasteiger partial charge in [-0.05, 0) is 25.7 Å². The van der Waals surface area contributed by atoms with Crippen molar-refractivity contribution in [2.45, 2.75) is 51.4 Å². The van der Waals surface area contributed by atoms with Gasteiger partial charge in [0, 0.05) is 13.0 Å². The lowest BCUT2D eigenvalue weighted by Gasteiger charge is -2.28. The van der Waals surface area contributed by atoms with E-state index < -0.39 is 6.61 Å². The van der Waals surface area contributed by atoms with Crippen molar-refractivity contribution in [1.82, 2.24) is 5.32 Å². The molecular weight excluding hydrogens is 192 g/mol. The second kappa shape index (κ2) is 5.24. The molecule has 0 aromatic rings. The lowest BCUT2D eigenvalue weighted by Crippen LogP contribution is -2.38. The maximum Gasteiger partial charge on any atom is 0.345 e. The zero-order chi connectivity index (χ0) is 10.6. The van der Waals surface area contributed by atoms with E-state index in [1.54, 1.807) is 0 Å². The monoisotopic (exact) mass is 207 g/mol. The first-order chi connectivity index (χ1) is 6.58. The van der Waals surface area contributed by atoms with Crippen molar-refractivity contribution < 1.29 is 18.3 Å². The Morgan fingerprint density at radius 2 is 1.93 bits per heavy atom. The van der Waals surface area contributed by atoms with Gasteiger partial charge in [0.2, 0.25) is 5.91 Å². The van der Waals surface area contributed by atoms with Crippen molar-refractivity contribution >= 4 is 5.91 Å². The molecule has 82 valence electrons. The van der Waals surface area contributed by atoms with Crippen molar-refractivity contribution in [2.75, 3.05) is 0 Å². The summed E-state index contributed by atoms with van der Waals surface area (Å²) in [4.78, 5) is 10.7. The minimum atomic E-state index is -2.68. The molecule has 0 heterocycles. The molecule has 1 amide bonds. The van der Waals surface area contributed by atoms with E-state index in [1.165, 1.54) is 6.92 Å². The molecular formula is C9H15F2NO2. The maximum absolute atomic E-state index is 11.8. The Morgan fingerprint density at radius 3 is 2.36 bits per heavy atom. The molecule has 0 bridgehead atoms. The summed E-state index contributed by atoms with van der Waals surface area (Å²) in [7, 11) is 0. The van der Waals surface area contributed by atoms with Crippen LogP contribution in [0, 0.1) is 0 Å². The summed E-state index contributed by atoms with van der Waals surface area (Å²) < 4.78 is 28.1. The molecule has 0 spiro atoms. The zero-order valence-electron chi connectivity index (χ0n) is 8.13.